The molecule has 0 aliphatic carbocycles. The summed E-state index contributed by atoms with van der Waals surface area (Å²) in [5, 5.41) is 1.18. The zero-order valence-corrected chi connectivity index (χ0v) is 8.42. The van der Waals surface area contributed by atoms with Gasteiger partial charge >= 0.3 is 0 Å². The number of fused-ring (bicyclic) bond motifs is 1. The topological polar surface area (TPSA) is 51.0 Å². The Morgan fingerprint density at radius 3 is 2.86 bits per heavy atom. The lowest BCUT2D eigenvalue weighted by atomic mass is 10.1. The van der Waals surface area contributed by atoms with Crippen LogP contribution in [0.4, 0.5) is 0 Å². The van der Waals surface area contributed by atoms with E-state index in [2.05, 4.69) is 18.0 Å². The lowest BCUT2D eigenvalue weighted by Crippen LogP contribution is -1.97. The normalized spacial score (nSPS) is 10.8. The number of nitrogens with two attached hydrogens (primary N) is 1. The van der Waals surface area contributed by atoms with Gasteiger partial charge in [-0.15, -0.1) is 0 Å². The number of nitrogens with one attached hydrogen (secondary N) is 1. The molecule has 1 heterocycles. The summed E-state index contributed by atoms with van der Waals surface area (Å²) in [5.41, 5.74) is 8.97. The third kappa shape index (κ3) is 1.26. The number of hydrogen-bond acceptors (Lipinski definition) is 2. The molecule has 0 saturated heterocycles. The molecule has 3 N–H and O–H groups in total. The van der Waals surface area contributed by atoms with Crippen molar-refractivity contribution in [1.29, 1.82) is 0 Å². The van der Waals surface area contributed by atoms with E-state index in [9.17, 15) is 0 Å². The second-order valence-corrected chi connectivity index (χ2v) is 3.40. The summed E-state index contributed by atoms with van der Waals surface area (Å²) in [6, 6.07) is 4.07. The van der Waals surface area contributed by atoms with E-state index in [-0.39, 0.29) is 0 Å². The molecule has 14 heavy (non-hydrogen) atoms. The average molecular weight is 190 g/mol. The molecule has 3 heteroatoms. The van der Waals surface area contributed by atoms with Crippen LogP contribution in [0.2, 0.25) is 0 Å². The van der Waals surface area contributed by atoms with Crippen molar-refractivity contribution in [3.8, 4) is 5.75 Å². The lowest BCUT2D eigenvalue weighted by molar-refractivity contribution is 0.418. The predicted octanol–water partition coefficient (Wildman–Crippen LogP) is 1.94. The highest BCUT2D eigenvalue weighted by atomic mass is 16.5. The van der Waals surface area contributed by atoms with Crippen LogP contribution in [0.3, 0.4) is 0 Å². The molecule has 0 saturated carbocycles. The Morgan fingerprint density at radius 1 is 1.43 bits per heavy atom. The van der Waals surface area contributed by atoms with Gasteiger partial charge in [0.25, 0.3) is 0 Å². The maximum Gasteiger partial charge on any atom is 0.143 e. The number of H-pyrrole nitrogens is 1. The third-order valence-corrected chi connectivity index (χ3v) is 2.48. The summed E-state index contributed by atoms with van der Waals surface area (Å²) in [5.74, 6) is 0.857. The molecule has 0 spiro atoms. The van der Waals surface area contributed by atoms with E-state index in [0.717, 1.165) is 16.8 Å². The zero-order valence-electron chi connectivity index (χ0n) is 8.42. The van der Waals surface area contributed by atoms with Gasteiger partial charge in [-0.05, 0) is 30.2 Å². The Bertz CT molecular complexity index is 460. The summed E-state index contributed by atoms with van der Waals surface area (Å²) in [6.07, 6.45) is 1.98. The molecule has 74 valence electrons. The molecule has 0 fully saturated rings. The molecule has 0 aliphatic rings. The number of hydrogen-bond donors (Lipinski definition) is 2. The van der Waals surface area contributed by atoms with Gasteiger partial charge in [-0.2, -0.15) is 0 Å². The molecular weight excluding hydrogens is 176 g/mol. The Balaban J connectivity index is 2.76. The Kier molecular flexibility index (Phi) is 2.17. The largest absolute Gasteiger partial charge is 0.495 e. The van der Waals surface area contributed by atoms with Crippen LogP contribution in [0, 0.1) is 6.92 Å². The molecule has 0 atom stereocenters. The number of aryl methyl sites for hydroxylation is 1. The fraction of sp³-hybridized carbons (Fsp3) is 0.273. The first-order chi connectivity index (χ1) is 6.76. The van der Waals surface area contributed by atoms with Gasteiger partial charge in [0.2, 0.25) is 0 Å². The SMILES string of the molecule is COc1cc(CN)cc2c(C)c[nH]c12. The van der Waals surface area contributed by atoms with Crippen molar-refractivity contribution in [3.05, 3.63) is 29.5 Å². The summed E-state index contributed by atoms with van der Waals surface area (Å²) in [7, 11) is 1.67. The summed E-state index contributed by atoms with van der Waals surface area (Å²) >= 11 is 0. The van der Waals surface area contributed by atoms with E-state index in [1.54, 1.807) is 7.11 Å². The molecule has 0 aliphatic heterocycles. The zero-order chi connectivity index (χ0) is 10.1. The first-order valence-electron chi connectivity index (χ1n) is 4.61. The smallest absolute Gasteiger partial charge is 0.143 e. The molecule has 0 radical (unpaired) electrons. The molecule has 0 amide bonds. The Labute approximate surface area is 82.9 Å². The molecule has 1 aromatic heterocycles. The van der Waals surface area contributed by atoms with Crippen LogP contribution in [0.25, 0.3) is 10.9 Å². The van der Waals surface area contributed by atoms with E-state index >= 15 is 0 Å². The summed E-state index contributed by atoms with van der Waals surface area (Å²) in [4.78, 5) is 3.19. The van der Waals surface area contributed by atoms with Crippen LogP contribution < -0.4 is 10.5 Å². The quantitative estimate of drug-likeness (QED) is 0.760. The van der Waals surface area contributed by atoms with Gasteiger partial charge in [-0.1, -0.05) is 0 Å². The van der Waals surface area contributed by atoms with Crippen molar-refractivity contribution >= 4 is 10.9 Å². The Hall–Kier alpha value is -1.48. The number of benzene rings is 1. The number of aromatic amines is 1. The van der Waals surface area contributed by atoms with Crippen molar-refractivity contribution in [1.82, 2.24) is 4.98 Å². The van der Waals surface area contributed by atoms with E-state index in [4.69, 9.17) is 10.5 Å². The molecule has 2 rings (SSSR count). The minimum Gasteiger partial charge on any atom is -0.495 e. The first kappa shape index (κ1) is 9.09. The van der Waals surface area contributed by atoms with Gasteiger partial charge in [-0.25, -0.2) is 0 Å². The minimum atomic E-state index is 0.539. The van der Waals surface area contributed by atoms with E-state index < -0.39 is 0 Å². The van der Waals surface area contributed by atoms with Gasteiger partial charge in [0, 0.05) is 18.1 Å². The molecule has 2 aromatic rings. The maximum absolute atomic E-state index is 5.62. The van der Waals surface area contributed by atoms with E-state index in [1.165, 1.54) is 10.9 Å². The highest BCUT2D eigenvalue weighted by Crippen LogP contribution is 2.28. The van der Waals surface area contributed by atoms with Crippen molar-refractivity contribution in [2.75, 3.05) is 7.11 Å². The maximum atomic E-state index is 5.62. The monoisotopic (exact) mass is 190 g/mol. The molecule has 0 unspecified atom stereocenters. The highest BCUT2D eigenvalue weighted by Gasteiger charge is 2.07. The molecule has 3 nitrogen and oxygen atoms in total. The van der Waals surface area contributed by atoms with E-state index in [1.807, 2.05) is 12.3 Å². The predicted molar refractivity (Wildman–Crippen MR) is 57.5 cm³/mol. The van der Waals surface area contributed by atoms with Gasteiger partial charge in [0.1, 0.15) is 5.75 Å². The van der Waals surface area contributed by atoms with Crippen LogP contribution in [-0.4, -0.2) is 12.1 Å². The van der Waals surface area contributed by atoms with Crippen LogP contribution in [0.5, 0.6) is 5.75 Å². The van der Waals surface area contributed by atoms with Gasteiger partial charge < -0.3 is 15.5 Å². The lowest BCUT2D eigenvalue weighted by Gasteiger charge is -2.05. The summed E-state index contributed by atoms with van der Waals surface area (Å²) in [6.45, 7) is 2.61. The van der Waals surface area contributed by atoms with Crippen LogP contribution >= 0.6 is 0 Å². The van der Waals surface area contributed by atoms with Gasteiger partial charge in [-0.3, -0.25) is 0 Å². The summed E-state index contributed by atoms with van der Waals surface area (Å²) < 4.78 is 5.30. The fourth-order valence-corrected chi connectivity index (χ4v) is 1.67. The second kappa shape index (κ2) is 3.35. The molecule has 1 aromatic carbocycles. The molecular formula is C11H14N2O. The van der Waals surface area contributed by atoms with Crippen LogP contribution in [-0.2, 0) is 6.54 Å². The highest BCUT2D eigenvalue weighted by molar-refractivity contribution is 5.88. The minimum absolute atomic E-state index is 0.539. The molecule has 0 bridgehead atoms. The fourth-order valence-electron chi connectivity index (χ4n) is 1.67. The first-order valence-corrected chi connectivity index (χ1v) is 4.61. The van der Waals surface area contributed by atoms with Crippen molar-refractivity contribution < 1.29 is 4.74 Å². The standard InChI is InChI=1S/C11H14N2O/c1-7-6-13-11-9(7)3-8(5-12)4-10(11)14-2/h3-4,6,13H,5,12H2,1-2H3. The van der Waals surface area contributed by atoms with Crippen molar-refractivity contribution in [2.45, 2.75) is 13.5 Å². The van der Waals surface area contributed by atoms with Gasteiger partial charge in [0.05, 0.1) is 12.6 Å². The van der Waals surface area contributed by atoms with Crippen LogP contribution in [0.15, 0.2) is 18.3 Å². The van der Waals surface area contributed by atoms with E-state index in [0.29, 0.717) is 6.54 Å². The van der Waals surface area contributed by atoms with Crippen molar-refractivity contribution in [3.63, 3.8) is 0 Å². The average Bonchev–Trinajstić information content (AvgIpc) is 2.59. The Morgan fingerprint density at radius 2 is 2.21 bits per heavy atom. The number of aromatic nitrogens is 1. The second-order valence-electron chi connectivity index (χ2n) is 3.40. The van der Waals surface area contributed by atoms with Crippen LogP contribution in [0.1, 0.15) is 11.1 Å². The number of ether oxygens (including phenoxy) is 1. The third-order valence-electron chi connectivity index (χ3n) is 2.48. The van der Waals surface area contributed by atoms with Crippen molar-refractivity contribution in [2.24, 2.45) is 5.73 Å². The van der Waals surface area contributed by atoms with Gasteiger partial charge in [0.15, 0.2) is 0 Å². The number of rotatable bonds is 2. The number of methoxy groups -OCH3 is 1.